The standard InChI is InChI=1S/C21H12F2N.C11H20O2.Ir/c22-15-10-11-19(23)18(12-15)21-13-17(14-6-2-1-3-7-14)16-8-4-5-9-20(16)24-21;1-8(2)5-10(12)7-11(13)6-9(3)4;/h1-11,13H;7-9,12H,5-6H2,1-4H3;/q-1;;/b;10-7-;. The van der Waals surface area contributed by atoms with E-state index >= 15 is 0 Å². The Hall–Kier alpha value is -3.21. The Kier molecular flexibility index (Phi) is 12.0. The number of benzene rings is 3. The van der Waals surface area contributed by atoms with Crippen LogP contribution in [0.1, 0.15) is 40.5 Å². The van der Waals surface area contributed by atoms with Gasteiger partial charge in [-0.1, -0.05) is 87.9 Å². The van der Waals surface area contributed by atoms with Gasteiger partial charge in [-0.2, -0.15) is 0 Å². The Balaban J connectivity index is 0.000000313. The van der Waals surface area contributed by atoms with Gasteiger partial charge < -0.3 is 5.11 Å². The molecule has 201 valence electrons. The van der Waals surface area contributed by atoms with E-state index in [9.17, 15) is 18.7 Å². The third-order valence-corrected chi connectivity index (χ3v) is 5.47. The fourth-order valence-electron chi connectivity index (χ4n) is 3.92. The molecule has 4 aromatic rings. The van der Waals surface area contributed by atoms with Gasteiger partial charge in [-0.05, 0) is 34.7 Å². The van der Waals surface area contributed by atoms with Crippen LogP contribution in [0.15, 0.2) is 84.6 Å². The van der Waals surface area contributed by atoms with Crippen LogP contribution in [0, 0.1) is 29.5 Å². The van der Waals surface area contributed by atoms with Crippen molar-refractivity contribution in [3.05, 3.63) is 102 Å². The maximum Gasteiger partial charge on any atom is 0.159 e. The van der Waals surface area contributed by atoms with Crippen LogP contribution in [0.5, 0.6) is 0 Å². The smallest absolute Gasteiger partial charge is 0.159 e. The van der Waals surface area contributed by atoms with Crippen molar-refractivity contribution in [2.24, 2.45) is 11.8 Å². The second-order valence-electron chi connectivity index (χ2n) is 9.77. The molecular weight excluding hydrogens is 661 g/mol. The van der Waals surface area contributed by atoms with Crippen LogP contribution < -0.4 is 0 Å². The summed E-state index contributed by atoms with van der Waals surface area (Å²) in [7, 11) is 0. The number of ketones is 1. The molecule has 0 fully saturated rings. The molecule has 0 bridgehead atoms. The zero-order valence-electron chi connectivity index (χ0n) is 22.0. The van der Waals surface area contributed by atoms with Crippen LogP contribution in [-0.2, 0) is 24.9 Å². The Morgan fingerprint density at radius 3 is 2.21 bits per heavy atom. The molecular formula is C32H32F2IrNO2-. The molecule has 1 radical (unpaired) electrons. The molecule has 0 aliphatic heterocycles. The van der Waals surface area contributed by atoms with E-state index in [1.165, 1.54) is 6.08 Å². The van der Waals surface area contributed by atoms with Crippen LogP contribution in [0.2, 0.25) is 0 Å². The van der Waals surface area contributed by atoms with Gasteiger partial charge in [0.05, 0.1) is 11.3 Å². The summed E-state index contributed by atoms with van der Waals surface area (Å²) in [6.45, 7) is 8.00. The summed E-state index contributed by atoms with van der Waals surface area (Å²) in [5, 5.41) is 10.3. The first kappa shape index (κ1) is 31.0. The van der Waals surface area contributed by atoms with Crippen molar-refractivity contribution in [2.75, 3.05) is 0 Å². The van der Waals surface area contributed by atoms with Crippen molar-refractivity contribution in [1.29, 1.82) is 0 Å². The van der Waals surface area contributed by atoms with Gasteiger partial charge in [0.1, 0.15) is 0 Å². The van der Waals surface area contributed by atoms with Crippen molar-refractivity contribution in [3.63, 3.8) is 0 Å². The fourth-order valence-corrected chi connectivity index (χ4v) is 3.92. The molecule has 0 atom stereocenters. The van der Waals surface area contributed by atoms with E-state index in [-0.39, 0.29) is 37.2 Å². The number of allylic oxidation sites excluding steroid dienone is 2. The fraction of sp³-hybridized carbons (Fsp3) is 0.250. The van der Waals surface area contributed by atoms with E-state index in [2.05, 4.69) is 11.1 Å². The Bertz CT molecular complexity index is 1390. The first-order valence-corrected chi connectivity index (χ1v) is 12.4. The normalized spacial score (nSPS) is 11.2. The predicted molar refractivity (Wildman–Crippen MR) is 146 cm³/mol. The minimum Gasteiger partial charge on any atom is -0.512 e. The zero-order valence-corrected chi connectivity index (χ0v) is 24.4. The number of aromatic nitrogens is 1. The van der Waals surface area contributed by atoms with E-state index in [0.29, 0.717) is 30.4 Å². The minimum absolute atomic E-state index is 0. The van der Waals surface area contributed by atoms with Crippen molar-refractivity contribution < 1.29 is 38.8 Å². The molecule has 4 rings (SSSR count). The van der Waals surface area contributed by atoms with Gasteiger partial charge in [0.2, 0.25) is 0 Å². The monoisotopic (exact) mass is 693 g/mol. The summed E-state index contributed by atoms with van der Waals surface area (Å²) >= 11 is 0. The summed E-state index contributed by atoms with van der Waals surface area (Å²) in [5.74, 6) is -0.173. The summed E-state index contributed by atoms with van der Waals surface area (Å²) in [6.07, 6.45) is 2.46. The largest absolute Gasteiger partial charge is 0.512 e. The van der Waals surface area contributed by atoms with Gasteiger partial charge in [0, 0.05) is 56.0 Å². The van der Waals surface area contributed by atoms with Gasteiger partial charge >= 0.3 is 0 Å². The van der Waals surface area contributed by atoms with E-state index < -0.39 is 11.6 Å². The molecule has 0 unspecified atom stereocenters. The molecule has 3 nitrogen and oxygen atoms in total. The number of nitrogens with zero attached hydrogens (tertiary/aromatic N) is 1. The van der Waals surface area contributed by atoms with Crippen molar-refractivity contribution in [3.8, 4) is 22.4 Å². The second-order valence-corrected chi connectivity index (χ2v) is 9.77. The number of pyridine rings is 1. The van der Waals surface area contributed by atoms with Crippen molar-refractivity contribution in [2.45, 2.75) is 40.5 Å². The quantitative estimate of drug-likeness (QED) is 0.120. The minimum atomic E-state index is -0.609. The third-order valence-electron chi connectivity index (χ3n) is 5.47. The summed E-state index contributed by atoms with van der Waals surface area (Å²) < 4.78 is 27.7. The van der Waals surface area contributed by atoms with Crippen LogP contribution in [0.3, 0.4) is 0 Å². The average Bonchev–Trinajstić information content (AvgIpc) is 2.84. The van der Waals surface area contributed by atoms with Gasteiger partial charge in [-0.25, -0.2) is 4.39 Å². The molecule has 38 heavy (non-hydrogen) atoms. The maximum absolute atomic E-state index is 14.2. The molecule has 0 saturated heterocycles. The molecule has 6 heteroatoms. The van der Waals surface area contributed by atoms with E-state index in [1.54, 1.807) is 6.07 Å². The first-order chi connectivity index (χ1) is 17.6. The molecule has 0 saturated carbocycles. The molecule has 0 aliphatic carbocycles. The number of aliphatic hydroxyl groups excluding tert-OH is 1. The molecule has 1 N–H and O–H groups in total. The summed E-state index contributed by atoms with van der Waals surface area (Å²) in [5.41, 5.74) is 3.05. The predicted octanol–water partition coefficient (Wildman–Crippen LogP) is 8.73. The average molecular weight is 693 g/mol. The third kappa shape index (κ3) is 8.97. The van der Waals surface area contributed by atoms with Crippen molar-refractivity contribution in [1.82, 2.24) is 4.98 Å². The van der Waals surface area contributed by atoms with Gasteiger partial charge in [0.25, 0.3) is 0 Å². The number of carbonyl (C=O) groups is 1. The number of fused-ring (bicyclic) bond motifs is 1. The number of halogens is 2. The summed E-state index contributed by atoms with van der Waals surface area (Å²) in [6, 6.07) is 23.8. The number of aliphatic hydroxyl groups is 1. The molecule has 1 heterocycles. The first-order valence-electron chi connectivity index (χ1n) is 12.4. The Labute approximate surface area is 237 Å². The van der Waals surface area contributed by atoms with Crippen molar-refractivity contribution >= 4 is 16.7 Å². The molecule has 0 aliphatic rings. The van der Waals surface area contributed by atoms with Crippen LogP contribution >= 0.6 is 0 Å². The number of hydrogen-bond donors (Lipinski definition) is 1. The summed E-state index contributed by atoms with van der Waals surface area (Å²) in [4.78, 5) is 15.7. The number of rotatable bonds is 7. The SMILES string of the molecule is CC(C)CC(=O)/C=C(\O)CC(C)C.Fc1[c-]c(-c2cc(-c3ccccc3)c3ccccc3n2)c(F)cc1.[Ir]. The van der Waals surface area contributed by atoms with Crippen LogP contribution in [0.4, 0.5) is 8.78 Å². The number of hydrogen-bond acceptors (Lipinski definition) is 3. The van der Waals surface area contributed by atoms with E-state index in [0.717, 1.165) is 34.2 Å². The van der Waals surface area contributed by atoms with Gasteiger partial charge in [0.15, 0.2) is 5.78 Å². The van der Waals surface area contributed by atoms with Crippen LogP contribution in [0.25, 0.3) is 33.3 Å². The van der Waals surface area contributed by atoms with E-state index in [1.807, 2.05) is 82.3 Å². The maximum atomic E-state index is 14.2. The van der Waals surface area contributed by atoms with E-state index in [4.69, 9.17) is 0 Å². The van der Waals surface area contributed by atoms with Crippen LogP contribution in [-0.4, -0.2) is 15.9 Å². The van der Waals surface area contributed by atoms with Gasteiger partial charge in [-0.15, -0.1) is 18.2 Å². The molecule has 1 aromatic heterocycles. The molecule has 0 amide bonds. The van der Waals surface area contributed by atoms with Gasteiger partial charge in [-0.3, -0.25) is 14.2 Å². The Morgan fingerprint density at radius 2 is 1.55 bits per heavy atom. The topological polar surface area (TPSA) is 50.2 Å². The zero-order chi connectivity index (χ0) is 26.9. The Morgan fingerprint density at radius 1 is 0.921 bits per heavy atom. The number of para-hydroxylation sites is 1. The molecule has 0 spiro atoms. The second kappa shape index (κ2) is 14.7. The molecule has 3 aromatic carbocycles. The number of carbonyl (C=O) groups excluding carboxylic acids is 1.